The van der Waals surface area contributed by atoms with Gasteiger partial charge in [-0.15, -0.1) is 0 Å². The monoisotopic (exact) mass is 316 g/mol. The SMILES string of the molecule is Cc1ncc(S(=O)(=O)Nc2ccc(Br)nc2)[nH]1. The lowest BCUT2D eigenvalue weighted by molar-refractivity contribution is 0.598. The molecule has 0 fully saturated rings. The van der Waals surface area contributed by atoms with Crippen LogP contribution in [0, 0.1) is 6.92 Å². The second-order valence-electron chi connectivity index (χ2n) is 3.31. The second-order valence-corrected chi connectivity index (χ2v) is 5.77. The Morgan fingerprint density at radius 3 is 2.59 bits per heavy atom. The van der Waals surface area contributed by atoms with E-state index in [2.05, 4.69) is 35.6 Å². The quantitative estimate of drug-likeness (QED) is 0.843. The predicted octanol–water partition coefficient (Wildman–Crippen LogP) is 1.68. The van der Waals surface area contributed by atoms with Gasteiger partial charge < -0.3 is 4.98 Å². The minimum absolute atomic E-state index is 0.0259. The Labute approximate surface area is 107 Å². The van der Waals surface area contributed by atoms with E-state index in [9.17, 15) is 8.42 Å². The zero-order valence-corrected chi connectivity index (χ0v) is 11.2. The molecular weight excluding hydrogens is 308 g/mol. The molecule has 0 amide bonds. The van der Waals surface area contributed by atoms with Crippen LogP contribution in [0.4, 0.5) is 5.69 Å². The van der Waals surface area contributed by atoms with Crippen LogP contribution >= 0.6 is 15.9 Å². The molecule has 2 heterocycles. The maximum Gasteiger partial charge on any atom is 0.279 e. The van der Waals surface area contributed by atoms with E-state index in [1.807, 2.05) is 0 Å². The fourth-order valence-corrected chi connectivity index (χ4v) is 2.43. The Balaban J connectivity index is 2.26. The van der Waals surface area contributed by atoms with Crippen LogP contribution in [0.5, 0.6) is 0 Å². The maximum absolute atomic E-state index is 11.9. The molecule has 0 saturated heterocycles. The number of halogens is 1. The Morgan fingerprint density at radius 1 is 1.29 bits per heavy atom. The summed E-state index contributed by atoms with van der Waals surface area (Å²) in [4.78, 5) is 10.4. The number of hydrogen-bond acceptors (Lipinski definition) is 4. The van der Waals surface area contributed by atoms with Gasteiger partial charge in [0.05, 0.1) is 18.1 Å². The lowest BCUT2D eigenvalue weighted by atomic mass is 10.4. The van der Waals surface area contributed by atoms with Crippen LogP contribution in [0.3, 0.4) is 0 Å². The standard InChI is InChI=1S/C9H9BrN4O2S/c1-6-11-5-9(13-6)17(15,16)14-7-2-3-8(10)12-4-7/h2-5,14H,1H3,(H,11,13). The second kappa shape index (κ2) is 4.46. The Morgan fingerprint density at radius 2 is 2.06 bits per heavy atom. The summed E-state index contributed by atoms with van der Waals surface area (Å²) in [6.45, 7) is 1.68. The third kappa shape index (κ3) is 2.83. The molecule has 2 rings (SSSR count). The molecule has 0 aliphatic carbocycles. The lowest BCUT2D eigenvalue weighted by Gasteiger charge is -2.05. The summed E-state index contributed by atoms with van der Waals surface area (Å²) in [5.74, 6) is 0.541. The van der Waals surface area contributed by atoms with Crippen molar-refractivity contribution in [3.05, 3.63) is 35.0 Å². The van der Waals surface area contributed by atoms with Gasteiger partial charge in [0.15, 0.2) is 5.03 Å². The number of rotatable bonds is 3. The van der Waals surface area contributed by atoms with E-state index in [0.717, 1.165) is 0 Å². The van der Waals surface area contributed by atoms with Gasteiger partial charge in [0, 0.05) is 0 Å². The highest BCUT2D eigenvalue weighted by Gasteiger charge is 2.16. The fourth-order valence-electron chi connectivity index (χ4n) is 1.18. The van der Waals surface area contributed by atoms with E-state index in [-0.39, 0.29) is 5.03 Å². The molecule has 0 aliphatic rings. The third-order valence-corrected chi connectivity index (χ3v) is 3.71. The number of anilines is 1. The van der Waals surface area contributed by atoms with Gasteiger partial charge in [-0.1, -0.05) is 0 Å². The van der Waals surface area contributed by atoms with Gasteiger partial charge in [-0.3, -0.25) is 4.72 Å². The topological polar surface area (TPSA) is 87.7 Å². The number of hydrogen-bond donors (Lipinski definition) is 2. The molecule has 17 heavy (non-hydrogen) atoms. The minimum Gasteiger partial charge on any atom is -0.332 e. The van der Waals surface area contributed by atoms with Crippen molar-refractivity contribution >= 4 is 31.6 Å². The van der Waals surface area contributed by atoms with Crippen LogP contribution < -0.4 is 4.72 Å². The molecule has 0 spiro atoms. The van der Waals surface area contributed by atoms with Crippen LogP contribution in [-0.4, -0.2) is 23.4 Å². The number of sulfonamides is 1. The zero-order valence-electron chi connectivity index (χ0n) is 8.81. The molecule has 2 N–H and O–H groups in total. The zero-order chi connectivity index (χ0) is 12.5. The molecule has 6 nitrogen and oxygen atoms in total. The van der Waals surface area contributed by atoms with Gasteiger partial charge in [-0.2, -0.15) is 8.42 Å². The summed E-state index contributed by atoms with van der Waals surface area (Å²) < 4.78 is 26.8. The van der Waals surface area contributed by atoms with Gasteiger partial charge >= 0.3 is 0 Å². The van der Waals surface area contributed by atoms with Crippen LogP contribution in [0.15, 0.2) is 34.2 Å². The van der Waals surface area contributed by atoms with E-state index in [0.29, 0.717) is 16.1 Å². The van der Waals surface area contributed by atoms with Crippen molar-refractivity contribution in [2.75, 3.05) is 4.72 Å². The number of H-pyrrole nitrogens is 1. The number of aromatic nitrogens is 3. The summed E-state index contributed by atoms with van der Waals surface area (Å²) in [6, 6.07) is 3.26. The molecule has 0 aromatic carbocycles. The minimum atomic E-state index is -3.63. The number of aromatic amines is 1. The van der Waals surface area contributed by atoms with Gasteiger partial charge in [-0.25, -0.2) is 9.97 Å². The Hall–Kier alpha value is -1.41. The number of imidazole rings is 1. The molecule has 0 atom stereocenters. The lowest BCUT2D eigenvalue weighted by Crippen LogP contribution is -2.13. The average molecular weight is 317 g/mol. The van der Waals surface area contributed by atoms with E-state index in [4.69, 9.17) is 0 Å². The van der Waals surface area contributed by atoms with Crippen molar-refractivity contribution in [1.29, 1.82) is 0 Å². The van der Waals surface area contributed by atoms with Gasteiger partial charge in [0.25, 0.3) is 10.0 Å². The molecule has 2 aromatic heterocycles. The Bertz CT molecular complexity index is 621. The maximum atomic E-state index is 11.9. The van der Waals surface area contributed by atoms with Crippen LogP contribution in [0.2, 0.25) is 0 Å². The van der Waals surface area contributed by atoms with Crippen LogP contribution in [0.1, 0.15) is 5.82 Å². The summed E-state index contributed by atoms with van der Waals surface area (Å²) in [5, 5.41) is 0.0259. The average Bonchev–Trinajstić information content (AvgIpc) is 2.69. The van der Waals surface area contributed by atoms with Gasteiger partial charge in [-0.05, 0) is 35.0 Å². The smallest absolute Gasteiger partial charge is 0.279 e. The molecular formula is C9H9BrN4O2S. The molecule has 0 aliphatic heterocycles. The van der Waals surface area contributed by atoms with E-state index >= 15 is 0 Å². The summed E-state index contributed by atoms with van der Waals surface area (Å²) in [7, 11) is -3.63. The summed E-state index contributed by atoms with van der Waals surface area (Å²) >= 11 is 3.17. The van der Waals surface area contributed by atoms with Crippen molar-refractivity contribution < 1.29 is 8.42 Å². The molecule has 0 saturated carbocycles. The van der Waals surface area contributed by atoms with E-state index < -0.39 is 10.0 Å². The Kier molecular flexibility index (Phi) is 3.16. The molecule has 0 unspecified atom stereocenters. The first-order valence-corrected chi connectivity index (χ1v) is 6.91. The van der Waals surface area contributed by atoms with Crippen molar-refractivity contribution in [1.82, 2.24) is 15.0 Å². The number of nitrogens with one attached hydrogen (secondary N) is 2. The number of aryl methyl sites for hydroxylation is 1. The predicted molar refractivity (Wildman–Crippen MR) is 66.1 cm³/mol. The first-order valence-electron chi connectivity index (χ1n) is 4.63. The molecule has 8 heteroatoms. The van der Waals surface area contributed by atoms with Crippen molar-refractivity contribution in [3.63, 3.8) is 0 Å². The van der Waals surface area contributed by atoms with Crippen molar-refractivity contribution in [2.24, 2.45) is 0 Å². The highest BCUT2D eigenvalue weighted by Crippen LogP contribution is 2.15. The van der Waals surface area contributed by atoms with Gasteiger partial charge in [0.1, 0.15) is 10.4 Å². The highest BCUT2D eigenvalue weighted by atomic mass is 79.9. The van der Waals surface area contributed by atoms with Crippen molar-refractivity contribution in [3.8, 4) is 0 Å². The van der Waals surface area contributed by atoms with Crippen molar-refractivity contribution in [2.45, 2.75) is 11.9 Å². The van der Waals surface area contributed by atoms with Crippen LogP contribution in [-0.2, 0) is 10.0 Å². The summed E-state index contributed by atoms with van der Waals surface area (Å²) in [6.07, 6.45) is 2.69. The number of nitrogens with zero attached hydrogens (tertiary/aromatic N) is 2. The molecule has 90 valence electrons. The number of pyridine rings is 1. The van der Waals surface area contributed by atoms with Gasteiger partial charge in [0.2, 0.25) is 0 Å². The highest BCUT2D eigenvalue weighted by molar-refractivity contribution is 9.10. The fraction of sp³-hybridized carbons (Fsp3) is 0.111. The van der Waals surface area contributed by atoms with E-state index in [1.165, 1.54) is 12.4 Å². The third-order valence-electron chi connectivity index (χ3n) is 1.95. The molecule has 2 aromatic rings. The normalized spacial score (nSPS) is 11.4. The largest absolute Gasteiger partial charge is 0.332 e. The first kappa shape index (κ1) is 12.1. The summed E-state index contributed by atoms with van der Waals surface area (Å²) in [5.41, 5.74) is 0.389. The van der Waals surface area contributed by atoms with E-state index in [1.54, 1.807) is 19.1 Å². The molecule has 0 radical (unpaired) electrons. The molecule has 0 bridgehead atoms. The first-order chi connectivity index (χ1) is 7.97. The van der Waals surface area contributed by atoms with Crippen LogP contribution in [0.25, 0.3) is 0 Å².